The molecule has 0 radical (unpaired) electrons. The number of amides is 2. The van der Waals surface area contributed by atoms with Gasteiger partial charge in [-0.2, -0.15) is 0 Å². The Kier molecular flexibility index (Phi) is 5.21. The number of carboxylic acids is 1. The van der Waals surface area contributed by atoms with Gasteiger partial charge in [0, 0.05) is 6.54 Å². The minimum Gasteiger partial charge on any atom is -0.481 e. The van der Waals surface area contributed by atoms with E-state index in [9.17, 15) is 9.59 Å². The van der Waals surface area contributed by atoms with Crippen LogP contribution in [0.2, 0.25) is 0 Å². The summed E-state index contributed by atoms with van der Waals surface area (Å²) < 4.78 is 0. The maximum Gasteiger partial charge on any atom is 0.315 e. The van der Waals surface area contributed by atoms with Crippen molar-refractivity contribution in [2.45, 2.75) is 37.6 Å². The number of rotatable bonds is 7. The summed E-state index contributed by atoms with van der Waals surface area (Å²) in [4.78, 5) is 22.3. The number of nitrogens with one attached hydrogen (secondary N) is 3. The van der Waals surface area contributed by atoms with Crippen molar-refractivity contribution >= 4 is 12.0 Å². The highest BCUT2D eigenvalue weighted by Gasteiger charge is 2.40. The summed E-state index contributed by atoms with van der Waals surface area (Å²) >= 11 is 0. The summed E-state index contributed by atoms with van der Waals surface area (Å²) in [6.45, 7) is 1.44. The standard InChI is InChI=1S/C11H21N3O3/c1-12-6-3-7-13-10(17)14-11(4-2-5-11)8-9(15)16/h12H,2-8H2,1H3,(H,15,16)(H2,13,14,17). The van der Waals surface area contributed by atoms with E-state index in [2.05, 4.69) is 16.0 Å². The Labute approximate surface area is 101 Å². The number of carboxylic acid groups (broad SMARTS) is 1. The molecule has 0 saturated heterocycles. The van der Waals surface area contributed by atoms with E-state index in [0.29, 0.717) is 6.54 Å². The zero-order chi connectivity index (χ0) is 12.7. The van der Waals surface area contributed by atoms with Crippen molar-refractivity contribution in [3.8, 4) is 0 Å². The second-order valence-electron chi connectivity index (χ2n) is 4.54. The van der Waals surface area contributed by atoms with Crippen LogP contribution >= 0.6 is 0 Å². The van der Waals surface area contributed by atoms with Gasteiger partial charge in [0.2, 0.25) is 0 Å². The molecule has 1 aliphatic carbocycles. The quantitative estimate of drug-likeness (QED) is 0.484. The molecule has 0 spiro atoms. The van der Waals surface area contributed by atoms with Crippen molar-refractivity contribution in [2.24, 2.45) is 0 Å². The van der Waals surface area contributed by atoms with E-state index in [1.54, 1.807) is 0 Å². The van der Waals surface area contributed by atoms with Gasteiger partial charge < -0.3 is 21.1 Å². The third-order valence-electron chi connectivity index (χ3n) is 3.07. The van der Waals surface area contributed by atoms with Gasteiger partial charge in [-0.3, -0.25) is 4.79 Å². The van der Waals surface area contributed by atoms with Crippen LogP contribution in [0.1, 0.15) is 32.1 Å². The lowest BCUT2D eigenvalue weighted by atomic mass is 9.74. The Morgan fingerprint density at radius 1 is 1.29 bits per heavy atom. The van der Waals surface area contributed by atoms with Gasteiger partial charge in [0.15, 0.2) is 0 Å². The maximum atomic E-state index is 11.6. The zero-order valence-corrected chi connectivity index (χ0v) is 10.2. The average Bonchev–Trinajstić information content (AvgIpc) is 2.20. The Morgan fingerprint density at radius 3 is 2.47 bits per heavy atom. The van der Waals surface area contributed by atoms with Crippen LogP contribution in [0.3, 0.4) is 0 Å². The van der Waals surface area contributed by atoms with Crippen molar-refractivity contribution in [3.05, 3.63) is 0 Å². The molecule has 1 fully saturated rings. The van der Waals surface area contributed by atoms with Crippen molar-refractivity contribution in [3.63, 3.8) is 0 Å². The molecule has 0 aromatic heterocycles. The topological polar surface area (TPSA) is 90.5 Å². The molecule has 2 amide bonds. The first kappa shape index (κ1) is 13.8. The molecule has 0 atom stereocenters. The van der Waals surface area contributed by atoms with E-state index in [1.807, 2.05) is 7.05 Å². The fourth-order valence-corrected chi connectivity index (χ4v) is 1.99. The lowest BCUT2D eigenvalue weighted by Crippen LogP contribution is -2.57. The van der Waals surface area contributed by atoms with Gasteiger partial charge in [-0.25, -0.2) is 4.79 Å². The van der Waals surface area contributed by atoms with Gasteiger partial charge in [0.1, 0.15) is 0 Å². The van der Waals surface area contributed by atoms with Crippen LogP contribution in [-0.4, -0.2) is 42.8 Å². The molecule has 6 heteroatoms. The van der Waals surface area contributed by atoms with E-state index in [-0.39, 0.29) is 12.5 Å². The van der Waals surface area contributed by atoms with Crippen LogP contribution in [-0.2, 0) is 4.79 Å². The number of urea groups is 1. The van der Waals surface area contributed by atoms with E-state index < -0.39 is 11.5 Å². The molecule has 0 aromatic carbocycles. The number of hydrogen-bond donors (Lipinski definition) is 4. The van der Waals surface area contributed by atoms with Crippen LogP contribution < -0.4 is 16.0 Å². The van der Waals surface area contributed by atoms with Crippen molar-refractivity contribution in [1.29, 1.82) is 0 Å². The predicted molar refractivity (Wildman–Crippen MR) is 63.9 cm³/mol. The van der Waals surface area contributed by atoms with Crippen molar-refractivity contribution in [1.82, 2.24) is 16.0 Å². The second-order valence-corrected chi connectivity index (χ2v) is 4.54. The first-order valence-electron chi connectivity index (χ1n) is 6.00. The molecule has 1 rings (SSSR count). The molecular formula is C11H21N3O3. The summed E-state index contributed by atoms with van der Waals surface area (Å²) in [7, 11) is 1.86. The van der Waals surface area contributed by atoms with Crippen LogP contribution in [0, 0.1) is 0 Å². The second kappa shape index (κ2) is 6.44. The Hall–Kier alpha value is -1.30. The van der Waals surface area contributed by atoms with Gasteiger partial charge in [0.05, 0.1) is 12.0 Å². The van der Waals surface area contributed by atoms with Gasteiger partial charge in [-0.05, 0) is 39.3 Å². The molecule has 1 aliphatic rings. The summed E-state index contributed by atoms with van der Waals surface area (Å²) in [6, 6.07) is -0.262. The molecule has 4 N–H and O–H groups in total. The van der Waals surface area contributed by atoms with E-state index in [0.717, 1.165) is 32.2 Å². The van der Waals surface area contributed by atoms with Crippen LogP contribution in [0.25, 0.3) is 0 Å². The van der Waals surface area contributed by atoms with Gasteiger partial charge in [-0.1, -0.05) is 0 Å². The minimum atomic E-state index is -0.861. The molecule has 0 heterocycles. The van der Waals surface area contributed by atoms with E-state index >= 15 is 0 Å². The molecule has 17 heavy (non-hydrogen) atoms. The Bertz CT molecular complexity index is 277. The number of carbonyl (C=O) groups excluding carboxylic acids is 1. The normalized spacial score (nSPS) is 17.0. The summed E-state index contributed by atoms with van der Waals surface area (Å²) in [5, 5.41) is 17.3. The minimum absolute atomic E-state index is 0.0108. The fourth-order valence-electron chi connectivity index (χ4n) is 1.99. The first-order valence-corrected chi connectivity index (χ1v) is 6.00. The Balaban J connectivity index is 2.25. The first-order chi connectivity index (χ1) is 8.08. The Morgan fingerprint density at radius 2 is 2.00 bits per heavy atom. The monoisotopic (exact) mass is 243 g/mol. The predicted octanol–water partition coefficient (Wildman–Crippen LogP) is 0.293. The molecule has 6 nitrogen and oxygen atoms in total. The molecule has 0 aromatic rings. The molecule has 98 valence electrons. The highest BCUT2D eigenvalue weighted by atomic mass is 16.4. The largest absolute Gasteiger partial charge is 0.481 e. The number of carbonyl (C=O) groups is 2. The lowest BCUT2D eigenvalue weighted by Gasteiger charge is -2.41. The van der Waals surface area contributed by atoms with Crippen molar-refractivity contribution < 1.29 is 14.7 Å². The third-order valence-corrected chi connectivity index (χ3v) is 3.07. The summed E-state index contributed by atoms with van der Waals surface area (Å²) in [5.41, 5.74) is -0.515. The number of hydrogen-bond acceptors (Lipinski definition) is 3. The SMILES string of the molecule is CNCCCNC(=O)NC1(CC(=O)O)CCC1. The molecule has 1 saturated carbocycles. The van der Waals surface area contributed by atoms with Crippen LogP contribution in [0.5, 0.6) is 0 Å². The smallest absolute Gasteiger partial charge is 0.315 e. The van der Waals surface area contributed by atoms with Gasteiger partial charge in [-0.15, -0.1) is 0 Å². The lowest BCUT2D eigenvalue weighted by molar-refractivity contribution is -0.139. The fraction of sp³-hybridized carbons (Fsp3) is 0.818. The molecule has 0 unspecified atom stereocenters. The van der Waals surface area contributed by atoms with Gasteiger partial charge >= 0.3 is 12.0 Å². The summed E-state index contributed by atoms with van der Waals surface area (Å²) in [5.74, 6) is -0.861. The highest BCUT2D eigenvalue weighted by Crippen LogP contribution is 2.34. The maximum absolute atomic E-state index is 11.6. The zero-order valence-electron chi connectivity index (χ0n) is 10.2. The van der Waals surface area contributed by atoms with Crippen molar-refractivity contribution in [2.75, 3.05) is 20.1 Å². The molecule has 0 bridgehead atoms. The highest BCUT2D eigenvalue weighted by molar-refractivity contribution is 5.77. The average molecular weight is 243 g/mol. The van der Waals surface area contributed by atoms with E-state index in [1.165, 1.54) is 0 Å². The summed E-state index contributed by atoms with van der Waals surface area (Å²) in [6.07, 6.45) is 3.35. The molecular weight excluding hydrogens is 222 g/mol. The van der Waals surface area contributed by atoms with Gasteiger partial charge in [0.25, 0.3) is 0 Å². The molecule has 0 aliphatic heterocycles. The van der Waals surface area contributed by atoms with E-state index in [4.69, 9.17) is 5.11 Å². The van der Waals surface area contributed by atoms with Crippen LogP contribution in [0.15, 0.2) is 0 Å². The van der Waals surface area contributed by atoms with Crippen LogP contribution in [0.4, 0.5) is 4.79 Å². The third kappa shape index (κ3) is 4.60. The number of aliphatic carboxylic acids is 1.